The predicted molar refractivity (Wildman–Crippen MR) is 132 cm³/mol. The molecule has 2 aromatic heterocycles. The number of aromatic nitrogens is 1. The lowest BCUT2D eigenvalue weighted by Crippen LogP contribution is -2.27. The van der Waals surface area contributed by atoms with Crippen LogP contribution in [0.15, 0.2) is 53.1 Å². The molecule has 0 saturated heterocycles. The molecule has 0 aliphatic heterocycles. The highest BCUT2D eigenvalue weighted by Crippen LogP contribution is 2.37. The van der Waals surface area contributed by atoms with Gasteiger partial charge in [-0.05, 0) is 44.4 Å². The molecular weight excluding hydrogens is 460 g/mol. The Hall–Kier alpha value is -3.64. The SMILES string of the molecule is CN(C)Cc1ccc(CSCCN(Cc2ccccn2)c2cc(N)c([N+](=O)[O-])cc2[N+](=O)[O-])o1. The number of nitrogens with zero attached hydrogens (tertiary/aromatic N) is 5. The molecule has 0 bridgehead atoms. The molecule has 0 aliphatic rings. The Morgan fingerprint density at radius 3 is 2.41 bits per heavy atom. The van der Waals surface area contributed by atoms with Crippen LogP contribution in [-0.2, 0) is 18.8 Å². The Bertz CT molecular complexity index is 1140. The molecule has 0 spiro atoms. The van der Waals surface area contributed by atoms with Crippen LogP contribution >= 0.6 is 11.8 Å². The van der Waals surface area contributed by atoms with Crippen LogP contribution in [0.1, 0.15) is 17.2 Å². The van der Waals surface area contributed by atoms with Gasteiger partial charge in [0.25, 0.3) is 11.4 Å². The van der Waals surface area contributed by atoms with Crippen molar-refractivity contribution in [1.29, 1.82) is 0 Å². The van der Waals surface area contributed by atoms with Gasteiger partial charge in [-0.2, -0.15) is 11.8 Å². The van der Waals surface area contributed by atoms with Gasteiger partial charge in [0.05, 0.1) is 40.4 Å². The first-order valence-corrected chi connectivity index (χ1v) is 11.6. The van der Waals surface area contributed by atoms with Crippen LogP contribution in [0.2, 0.25) is 0 Å². The molecule has 0 aliphatic carbocycles. The standard InChI is InChI=1S/C22H26N6O5S/c1-25(2)14-17-6-7-18(33-17)15-34-10-9-26(13-16-5-3-4-8-24-16)21-11-19(23)20(27(29)30)12-22(21)28(31)32/h3-8,11-12H,9-10,13-15,23H2,1-2H3. The summed E-state index contributed by atoms with van der Waals surface area (Å²) in [5.41, 5.74) is 5.79. The molecule has 2 heterocycles. The van der Waals surface area contributed by atoms with E-state index in [1.54, 1.807) is 28.9 Å². The minimum Gasteiger partial charge on any atom is -0.464 e. The van der Waals surface area contributed by atoms with Crippen LogP contribution in [0.3, 0.4) is 0 Å². The van der Waals surface area contributed by atoms with Gasteiger partial charge < -0.3 is 20.0 Å². The quantitative estimate of drug-likeness (QED) is 0.172. The summed E-state index contributed by atoms with van der Waals surface area (Å²) in [5, 5.41) is 23.0. The summed E-state index contributed by atoms with van der Waals surface area (Å²) in [5.74, 6) is 3.01. The summed E-state index contributed by atoms with van der Waals surface area (Å²) in [6.07, 6.45) is 1.64. The topological polar surface area (TPSA) is 145 Å². The van der Waals surface area contributed by atoms with Crippen LogP contribution in [0.5, 0.6) is 0 Å². The number of rotatable bonds is 12. The fraction of sp³-hybridized carbons (Fsp3) is 0.318. The van der Waals surface area contributed by atoms with E-state index >= 15 is 0 Å². The Kier molecular flexibility index (Phi) is 8.44. The molecule has 3 rings (SSSR count). The molecule has 180 valence electrons. The lowest BCUT2D eigenvalue weighted by Gasteiger charge is -2.24. The molecule has 0 fully saturated rings. The Morgan fingerprint density at radius 1 is 1.03 bits per heavy atom. The van der Waals surface area contributed by atoms with Gasteiger partial charge in [-0.25, -0.2) is 0 Å². The van der Waals surface area contributed by atoms with Crippen molar-refractivity contribution in [3.63, 3.8) is 0 Å². The molecule has 0 saturated carbocycles. The minimum absolute atomic E-state index is 0.131. The van der Waals surface area contributed by atoms with E-state index in [4.69, 9.17) is 10.2 Å². The summed E-state index contributed by atoms with van der Waals surface area (Å²) < 4.78 is 5.83. The summed E-state index contributed by atoms with van der Waals surface area (Å²) in [7, 11) is 3.94. The maximum absolute atomic E-state index is 11.7. The summed E-state index contributed by atoms with van der Waals surface area (Å²) in [6, 6.07) is 11.5. The van der Waals surface area contributed by atoms with Crippen molar-refractivity contribution < 1.29 is 14.3 Å². The zero-order chi connectivity index (χ0) is 24.7. The largest absolute Gasteiger partial charge is 0.464 e. The number of nitro groups is 2. The molecule has 11 nitrogen and oxygen atoms in total. The highest BCUT2D eigenvalue weighted by molar-refractivity contribution is 7.98. The molecule has 3 aromatic rings. The Balaban J connectivity index is 1.78. The molecule has 0 radical (unpaired) electrons. The monoisotopic (exact) mass is 486 g/mol. The van der Waals surface area contributed by atoms with Crippen LogP contribution < -0.4 is 10.6 Å². The molecule has 0 amide bonds. The van der Waals surface area contributed by atoms with Gasteiger partial charge in [0, 0.05) is 18.5 Å². The zero-order valence-electron chi connectivity index (χ0n) is 18.9. The third kappa shape index (κ3) is 6.68. The van der Waals surface area contributed by atoms with Gasteiger partial charge in [0.2, 0.25) is 0 Å². The van der Waals surface area contributed by atoms with Gasteiger partial charge in [-0.3, -0.25) is 25.2 Å². The number of anilines is 2. The van der Waals surface area contributed by atoms with Gasteiger partial charge in [0.15, 0.2) is 0 Å². The number of hydrogen-bond donors (Lipinski definition) is 1. The van der Waals surface area contributed by atoms with E-state index in [2.05, 4.69) is 4.98 Å². The molecule has 1 aromatic carbocycles. The number of hydrogen-bond acceptors (Lipinski definition) is 10. The minimum atomic E-state index is -0.723. The molecule has 12 heteroatoms. The van der Waals surface area contributed by atoms with E-state index in [0.717, 1.165) is 17.6 Å². The third-order valence-corrected chi connectivity index (χ3v) is 5.84. The zero-order valence-corrected chi connectivity index (χ0v) is 19.7. The second kappa shape index (κ2) is 11.5. The Morgan fingerprint density at radius 2 is 1.76 bits per heavy atom. The van der Waals surface area contributed by atoms with E-state index in [9.17, 15) is 20.2 Å². The third-order valence-electron chi connectivity index (χ3n) is 4.88. The summed E-state index contributed by atoms with van der Waals surface area (Å²) in [6.45, 7) is 1.44. The smallest absolute Gasteiger partial charge is 0.299 e. The molecule has 0 atom stereocenters. The molecule has 0 unspecified atom stereocenters. The second-order valence-corrected chi connectivity index (χ2v) is 8.92. The average molecular weight is 487 g/mol. The van der Waals surface area contributed by atoms with Crippen molar-refractivity contribution >= 4 is 34.5 Å². The fourth-order valence-corrected chi connectivity index (χ4v) is 4.21. The summed E-state index contributed by atoms with van der Waals surface area (Å²) in [4.78, 5) is 29.7. The molecule has 34 heavy (non-hydrogen) atoms. The van der Waals surface area contributed by atoms with E-state index in [1.165, 1.54) is 6.07 Å². The number of pyridine rings is 1. The predicted octanol–water partition coefficient (Wildman–Crippen LogP) is 4.07. The van der Waals surface area contributed by atoms with Crippen LogP contribution in [0.25, 0.3) is 0 Å². The lowest BCUT2D eigenvalue weighted by molar-refractivity contribution is -0.393. The number of thioether (sulfide) groups is 1. The van der Waals surface area contributed by atoms with Gasteiger partial charge in [-0.1, -0.05) is 6.07 Å². The Labute approximate surface area is 200 Å². The highest BCUT2D eigenvalue weighted by atomic mass is 32.2. The lowest BCUT2D eigenvalue weighted by atomic mass is 10.1. The number of nitro benzene ring substituents is 2. The number of benzene rings is 1. The van der Waals surface area contributed by atoms with Gasteiger partial charge >= 0.3 is 0 Å². The normalized spacial score (nSPS) is 11.0. The van der Waals surface area contributed by atoms with Crippen molar-refractivity contribution in [3.05, 3.63) is 86.1 Å². The van der Waals surface area contributed by atoms with E-state index in [1.807, 2.05) is 43.3 Å². The van der Waals surface area contributed by atoms with Gasteiger partial charge in [0.1, 0.15) is 22.9 Å². The number of furan rings is 1. The number of nitrogen functional groups attached to an aromatic ring is 1. The fourth-order valence-electron chi connectivity index (χ4n) is 3.36. The van der Waals surface area contributed by atoms with Crippen molar-refractivity contribution in [1.82, 2.24) is 9.88 Å². The van der Waals surface area contributed by atoms with Crippen LogP contribution in [0, 0.1) is 20.2 Å². The molecular formula is C22H26N6O5S. The van der Waals surface area contributed by atoms with Crippen LogP contribution in [0.4, 0.5) is 22.7 Å². The second-order valence-electron chi connectivity index (χ2n) is 7.81. The first kappa shape index (κ1) is 25.0. The van der Waals surface area contributed by atoms with E-state index in [-0.39, 0.29) is 23.6 Å². The average Bonchev–Trinajstić information content (AvgIpc) is 3.22. The maximum Gasteiger partial charge on any atom is 0.299 e. The maximum atomic E-state index is 11.7. The van der Waals surface area contributed by atoms with Crippen molar-refractivity contribution in [2.24, 2.45) is 0 Å². The van der Waals surface area contributed by atoms with Gasteiger partial charge in [-0.15, -0.1) is 0 Å². The highest BCUT2D eigenvalue weighted by Gasteiger charge is 2.26. The van der Waals surface area contributed by atoms with E-state index < -0.39 is 15.5 Å². The summed E-state index contributed by atoms with van der Waals surface area (Å²) >= 11 is 1.62. The van der Waals surface area contributed by atoms with E-state index in [0.29, 0.717) is 30.3 Å². The number of nitrogens with two attached hydrogens (primary N) is 1. The van der Waals surface area contributed by atoms with Crippen molar-refractivity contribution in [3.8, 4) is 0 Å². The van der Waals surface area contributed by atoms with Crippen molar-refractivity contribution in [2.75, 3.05) is 37.0 Å². The first-order chi connectivity index (χ1) is 16.2. The molecule has 2 N–H and O–H groups in total. The van der Waals surface area contributed by atoms with Crippen molar-refractivity contribution in [2.45, 2.75) is 18.8 Å². The first-order valence-electron chi connectivity index (χ1n) is 10.4. The van der Waals surface area contributed by atoms with Crippen LogP contribution in [-0.4, -0.2) is 46.1 Å².